The van der Waals surface area contributed by atoms with Gasteiger partial charge in [-0.05, 0) is 25.5 Å². The van der Waals surface area contributed by atoms with Crippen molar-refractivity contribution in [2.45, 2.75) is 20.4 Å². The number of carbonyl (C=O) groups excluding carboxylic acids is 1. The van der Waals surface area contributed by atoms with Crippen molar-refractivity contribution < 1.29 is 14.6 Å². The Kier molecular flexibility index (Phi) is 5.65. The predicted molar refractivity (Wildman–Crippen MR) is 93.1 cm³/mol. The summed E-state index contributed by atoms with van der Waals surface area (Å²) in [7, 11) is 1.93. The highest BCUT2D eigenvalue weighted by Crippen LogP contribution is 2.22. The van der Waals surface area contributed by atoms with Crippen LogP contribution in [-0.2, 0) is 11.3 Å². The van der Waals surface area contributed by atoms with E-state index in [1.165, 1.54) is 28.8 Å². The van der Waals surface area contributed by atoms with Crippen molar-refractivity contribution in [1.29, 1.82) is 0 Å². The van der Waals surface area contributed by atoms with E-state index in [1.807, 2.05) is 14.0 Å². The highest BCUT2D eigenvalue weighted by atomic mass is 16.6. The fourth-order valence-corrected chi connectivity index (χ4v) is 2.64. The molecule has 0 saturated carbocycles. The molecule has 0 saturated heterocycles. The number of aryl methyl sites for hydroxylation is 2. The molecule has 0 aliphatic rings. The average molecular weight is 328 g/mol. The highest BCUT2D eigenvalue weighted by Gasteiger charge is 2.17. The van der Waals surface area contributed by atoms with Crippen molar-refractivity contribution in [2.24, 2.45) is 0 Å². The van der Waals surface area contributed by atoms with Crippen LogP contribution in [0.1, 0.15) is 16.7 Å². The fraction of sp³-hybridized carbons (Fsp3) is 0.278. The third-order valence-corrected chi connectivity index (χ3v) is 3.83. The molecule has 24 heavy (non-hydrogen) atoms. The second-order valence-electron chi connectivity index (χ2n) is 6.06. The van der Waals surface area contributed by atoms with Gasteiger partial charge in [0, 0.05) is 11.6 Å². The van der Waals surface area contributed by atoms with Crippen LogP contribution in [0.3, 0.4) is 0 Å². The second kappa shape index (κ2) is 7.70. The van der Waals surface area contributed by atoms with Gasteiger partial charge in [0.2, 0.25) is 0 Å². The summed E-state index contributed by atoms with van der Waals surface area (Å²) in [5.41, 5.74) is 3.73. The van der Waals surface area contributed by atoms with Gasteiger partial charge in [0.1, 0.15) is 12.2 Å². The number of para-hydroxylation sites is 2. The second-order valence-corrected chi connectivity index (χ2v) is 6.06. The largest absolute Gasteiger partial charge is 0.326 e. The lowest BCUT2D eigenvalue weighted by atomic mass is 10.1. The number of amides is 1. The van der Waals surface area contributed by atoms with Gasteiger partial charge >= 0.3 is 0 Å². The molecule has 0 radical (unpaired) electrons. The minimum Gasteiger partial charge on any atom is -0.326 e. The first-order valence-corrected chi connectivity index (χ1v) is 7.77. The van der Waals surface area contributed by atoms with E-state index in [0.717, 1.165) is 11.4 Å². The van der Waals surface area contributed by atoms with Crippen molar-refractivity contribution in [2.75, 3.05) is 18.9 Å². The van der Waals surface area contributed by atoms with Gasteiger partial charge in [-0.15, -0.1) is 0 Å². The van der Waals surface area contributed by atoms with Crippen LogP contribution in [0.4, 0.5) is 11.4 Å². The van der Waals surface area contributed by atoms with Gasteiger partial charge in [-0.1, -0.05) is 35.9 Å². The van der Waals surface area contributed by atoms with Crippen LogP contribution in [0.15, 0.2) is 42.5 Å². The summed E-state index contributed by atoms with van der Waals surface area (Å²) < 4.78 is 0. The molecule has 1 unspecified atom stereocenters. The molecule has 2 N–H and O–H groups in total. The molecule has 6 heteroatoms. The summed E-state index contributed by atoms with van der Waals surface area (Å²) in [6.45, 7) is 5.06. The lowest BCUT2D eigenvalue weighted by molar-refractivity contribution is -0.885. The third kappa shape index (κ3) is 4.63. The number of carbonyl (C=O) groups is 1. The standard InChI is InChI=1S/C18H21N3O3/c1-13-8-9-15(14(2)10-13)11-20(3)12-18(22)19-16-6-4-5-7-17(16)21(23)24/h4-10H,11-12H2,1-3H3,(H,19,22)/p+1. The van der Waals surface area contributed by atoms with E-state index in [2.05, 4.69) is 30.4 Å². The molecule has 0 aliphatic heterocycles. The Morgan fingerprint density at radius 2 is 1.92 bits per heavy atom. The van der Waals surface area contributed by atoms with Crippen molar-refractivity contribution in [3.8, 4) is 0 Å². The van der Waals surface area contributed by atoms with Gasteiger partial charge in [-0.3, -0.25) is 14.9 Å². The lowest BCUT2D eigenvalue weighted by Crippen LogP contribution is -3.08. The zero-order valence-corrected chi connectivity index (χ0v) is 14.1. The van der Waals surface area contributed by atoms with E-state index in [9.17, 15) is 14.9 Å². The van der Waals surface area contributed by atoms with Crippen molar-refractivity contribution >= 4 is 17.3 Å². The maximum atomic E-state index is 12.2. The van der Waals surface area contributed by atoms with Gasteiger partial charge in [0.15, 0.2) is 6.54 Å². The van der Waals surface area contributed by atoms with Crippen LogP contribution in [0.2, 0.25) is 0 Å². The summed E-state index contributed by atoms with van der Waals surface area (Å²) in [5.74, 6) is -0.244. The first-order valence-electron chi connectivity index (χ1n) is 7.77. The van der Waals surface area contributed by atoms with Gasteiger partial charge in [0.25, 0.3) is 11.6 Å². The number of hydrogen-bond donors (Lipinski definition) is 2. The van der Waals surface area contributed by atoms with E-state index in [0.29, 0.717) is 0 Å². The molecule has 0 fully saturated rings. The highest BCUT2D eigenvalue weighted by molar-refractivity contribution is 5.93. The number of nitrogens with one attached hydrogen (secondary N) is 2. The first-order chi connectivity index (χ1) is 11.4. The number of anilines is 1. The van der Waals surface area contributed by atoms with Gasteiger partial charge in [-0.2, -0.15) is 0 Å². The van der Waals surface area contributed by atoms with Crippen LogP contribution >= 0.6 is 0 Å². The minimum absolute atomic E-state index is 0.0992. The number of likely N-dealkylation sites (N-methyl/N-ethyl adjacent to an activating group) is 1. The molecule has 0 heterocycles. The van der Waals surface area contributed by atoms with Crippen LogP contribution in [0.25, 0.3) is 0 Å². The fourth-order valence-electron chi connectivity index (χ4n) is 2.64. The molecular formula is C18H22N3O3+. The van der Waals surface area contributed by atoms with E-state index < -0.39 is 4.92 Å². The molecule has 2 aromatic carbocycles. The molecule has 2 rings (SSSR count). The Bertz CT molecular complexity index is 759. The average Bonchev–Trinajstić information content (AvgIpc) is 2.50. The van der Waals surface area contributed by atoms with Gasteiger partial charge in [-0.25, -0.2) is 0 Å². The monoisotopic (exact) mass is 328 g/mol. The third-order valence-electron chi connectivity index (χ3n) is 3.83. The molecule has 0 bridgehead atoms. The topological polar surface area (TPSA) is 76.7 Å². The number of rotatable bonds is 6. The van der Waals surface area contributed by atoms with Gasteiger partial charge in [0.05, 0.1) is 12.0 Å². The maximum Gasteiger partial charge on any atom is 0.292 e. The summed E-state index contributed by atoms with van der Waals surface area (Å²) >= 11 is 0. The smallest absolute Gasteiger partial charge is 0.292 e. The summed E-state index contributed by atoms with van der Waals surface area (Å²) in [4.78, 5) is 23.7. The quantitative estimate of drug-likeness (QED) is 0.628. The number of nitro benzene ring substituents is 1. The van der Waals surface area contributed by atoms with E-state index in [1.54, 1.807) is 12.1 Å². The molecule has 6 nitrogen and oxygen atoms in total. The first kappa shape index (κ1) is 17.6. The Morgan fingerprint density at radius 1 is 1.21 bits per heavy atom. The van der Waals surface area contributed by atoms with E-state index in [-0.39, 0.29) is 23.8 Å². The molecule has 0 aliphatic carbocycles. The Labute approximate surface area is 141 Å². The van der Waals surface area contributed by atoms with Gasteiger partial charge < -0.3 is 10.2 Å². The minimum atomic E-state index is -0.498. The zero-order chi connectivity index (χ0) is 17.7. The normalized spacial score (nSPS) is 11.8. The van der Waals surface area contributed by atoms with Crippen LogP contribution < -0.4 is 10.2 Å². The molecule has 1 amide bonds. The van der Waals surface area contributed by atoms with Crippen LogP contribution in [-0.4, -0.2) is 24.4 Å². The van der Waals surface area contributed by atoms with E-state index >= 15 is 0 Å². The Balaban J connectivity index is 1.98. The van der Waals surface area contributed by atoms with E-state index in [4.69, 9.17) is 0 Å². The van der Waals surface area contributed by atoms with Crippen molar-refractivity contribution in [1.82, 2.24) is 0 Å². The Morgan fingerprint density at radius 3 is 2.58 bits per heavy atom. The Hall–Kier alpha value is -2.73. The summed E-state index contributed by atoms with van der Waals surface area (Å²) in [6.07, 6.45) is 0. The van der Waals surface area contributed by atoms with Crippen LogP contribution in [0.5, 0.6) is 0 Å². The van der Waals surface area contributed by atoms with Crippen LogP contribution in [0, 0.1) is 24.0 Å². The maximum absolute atomic E-state index is 12.2. The van der Waals surface area contributed by atoms with Crippen molar-refractivity contribution in [3.63, 3.8) is 0 Å². The molecule has 2 aromatic rings. The molecule has 0 aromatic heterocycles. The molecule has 0 spiro atoms. The lowest BCUT2D eigenvalue weighted by Gasteiger charge is -2.15. The molecule has 126 valence electrons. The predicted octanol–water partition coefficient (Wildman–Crippen LogP) is 1.87. The number of hydrogen-bond acceptors (Lipinski definition) is 3. The zero-order valence-electron chi connectivity index (χ0n) is 14.1. The summed E-state index contributed by atoms with van der Waals surface area (Å²) in [6, 6.07) is 12.4. The van der Waals surface area contributed by atoms with Crippen molar-refractivity contribution in [3.05, 3.63) is 69.3 Å². The SMILES string of the molecule is Cc1ccc(C[NH+](C)CC(=O)Nc2ccccc2[N+](=O)[O-])c(C)c1. The molecular weight excluding hydrogens is 306 g/mol. The number of quaternary nitrogens is 1. The number of nitro groups is 1. The summed E-state index contributed by atoms with van der Waals surface area (Å²) in [5, 5.41) is 13.6. The number of nitrogens with zero attached hydrogens (tertiary/aromatic N) is 1. The molecule has 1 atom stereocenters. The number of benzene rings is 2.